The fourth-order valence-electron chi connectivity index (χ4n) is 2.78. The van der Waals surface area contributed by atoms with Crippen molar-refractivity contribution in [1.29, 1.82) is 0 Å². The predicted octanol–water partition coefficient (Wildman–Crippen LogP) is 4.55. The number of nitrogens with zero attached hydrogens (tertiary/aromatic N) is 2. The largest absolute Gasteiger partial charge is 0.311 e. The highest BCUT2D eigenvalue weighted by Crippen LogP contribution is 2.25. The first-order valence-corrected chi connectivity index (χ1v) is 8.98. The summed E-state index contributed by atoms with van der Waals surface area (Å²) in [7, 11) is 0. The van der Waals surface area contributed by atoms with Crippen molar-refractivity contribution in [2.75, 3.05) is 5.32 Å². The van der Waals surface area contributed by atoms with Crippen molar-refractivity contribution in [3.63, 3.8) is 0 Å². The Morgan fingerprint density at radius 3 is 2.41 bits per heavy atom. The Kier molecular flexibility index (Phi) is 5.40. The van der Waals surface area contributed by atoms with Gasteiger partial charge in [0, 0.05) is 11.5 Å². The Balaban J connectivity index is 1.82. The third-order valence-corrected chi connectivity index (χ3v) is 4.24. The van der Waals surface area contributed by atoms with Crippen molar-refractivity contribution in [3.05, 3.63) is 83.3 Å². The molecule has 1 N–H and O–H groups in total. The highest BCUT2D eigenvalue weighted by molar-refractivity contribution is 5.91. The van der Waals surface area contributed by atoms with Crippen molar-refractivity contribution in [3.8, 4) is 0 Å². The second-order valence-corrected chi connectivity index (χ2v) is 7.66. The van der Waals surface area contributed by atoms with Crippen LogP contribution in [0.15, 0.2) is 60.7 Å². The second kappa shape index (κ2) is 7.74. The minimum atomic E-state index is -0.343. The summed E-state index contributed by atoms with van der Waals surface area (Å²) in [5.74, 6) is 0.102. The van der Waals surface area contributed by atoms with E-state index >= 15 is 0 Å². The number of hydrogen-bond donors (Lipinski definition) is 1. The number of halogens is 1. The molecule has 27 heavy (non-hydrogen) atoms. The number of hydrogen-bond acceptors (Lipinski definition) is 2. The lowest BCUT2D eigenvalue weighted by atomic mass is 9.92. The van der Waals surface area contributed by atoms with Crippen LogP contribution in [0.1, 0.15) is 37.6 Å². The van der Waals surface area contributed by atoms with Gasteiger partial charge in [-0.3, -0.25) is 4.79 Å². The van der Waals surface area contributed by atoms with E-state index in [1.807, 2.05) is 36.4 Å². The van der Waals surface area contributed by atoms with Crippen LogP contribution in [0.5, 0.6) is 0 Å². The number of nitrogens with one attached hydrogen (secondary N) is 1. The van der Waals surface area contributed by atoms with Gasteiger partial charge in [-0.15, -0.1) is 0 Å². The van der Waals surface area contributed by atoms with Gasteiger partial charge in [-0.05, 0) is 23.3 Å². The molecule has 0 radical (unpaired) electrons. The molecule has 0 fully saturated rings. The van der Waals surface area contributed by atoms with E-state index in [4.69, 9.17) is 5.10 Å². The first-order valence-electron chi connectivity index (χ1n) is 8.98. The lowest BCUT2D eigenvalue weighted by Crippen LogP contribution is -2.18. The molecule has 0 aliphatic heterocycles. The number of carbonyl (C=O) groups excluding carboxylic acids is 1. The maximum absolute atomic E-state index is 13.3. The van der Waals surface area contributed by atoms with Gasteiger partial charge in [0.1, 0.15) is 11.6 Å². The lowest BCUT2D eigenvalue weighted by molar-refractivity contribution is -0.115. The van der Waals surface area contributed by atoms with Gasteiger partial charge in [0.2, 0.25) is 5.91 Å². The van der Waals surface area contributed by atoms with Gasteiger partial charge in [0.05, 0.1) is 18.7 Å². The molecule has 3 aromatic rings. The number of rotatable bonds is 5. The summed E-state index contributed by atoms with van der Waals surface area (Å²) in [4.78, 5) is 12.5. The molecule has 0 saturated carbocycles. The van der Waals surface area contributed by atoms with Gasteiger partial charge in [-0.1, -0.05) is 63.2 Å². The van der Waals surface area contributed by atoms with Gasteiger partial charge in [-0.2, -0.15) is 5.10 Å². The summed E-state index contributed by atoms with van der Waals surface area (Å²) in [6, 6.07) is 18.0. The molecular formula is C22H24FN3O. The molecule has 2 aromatic carbocycles. The van der Waals surface area contributed by atoms with Crippen molar-refractivity contribution < 1.29 is 9.18 Å². The molecule has 0 unspecified atom stereocenters. The van der Waals surface area contributed by atoms with Crippen molar-refractivity contribution >= 4 is 11.7 Å². The summed E-state index contributed by atoms with van der Waals surface area (Å²) in [6.45, 7) is 6.81. The number of amides is 1. The Morgan fingerprint density at radius 1 is 1.04 bits per heavy atom. The topological polar surface area (TPSA) is 46.9 Å². The van der Waals surface area contributed by atoms with Crippen LogP contribution in [-0.4, -0.2) is 15.7 Å². The fraction of sp³-hybridized carbons (Fsp3) is 0.273. The predicted molar refractivity (Wildman–Crippen MR) is 105 cm³/mol. The van der Waals surface area contributed by atoms with Crippen LogP contribution in [0, 0.1) is 5.82 Å². The van der Waals surface area contributed by atoms with Crippen LogP contribution in [0.3, 0.4) is 0 Å². The minimum absolute atomic E-state index is 0.110. The molecule has 1 aromatic heterocycles. The molecule has 3 rings (SSSR count). The van der Waals surface area contributed by atoms with Gasteiger partial charge in [-0.25, -0.2) is 9.07 Å². The Morgan fingerprint density at radius 2 is 1.74 bits per heavy atom. The zero-order chi connectivity index (χ0) is 19.4. The van der Waals surface area contributed by atoms with Crippen molar-refractivity contribution in [1.82, 2.24) is 9.78 Å². The molecule has 4 nitrogen and oxygen atoms in total. The van der Waals surface area contributed by atoms with Crippen LogP contribution in [0.2, 0.25) is 0 Å². The molecule has 1 heterocycles. The van der Waals surface area contributed by atoms with E-state index in [9.17, 15) is 9.18 Å². The maximum atomic E-state index is 13.3. The average molecular weight is 365 g/mol. The quantitative estimate of drug-likeness (QED) is 0.721. The molecule has 140 valence electrons. The van der Waals surface area contributed by atoms with E-state index in [1.54, 1.807) is 16.8 Å². The number of benzene rings is 2. The molecular weight excluding hydrogens is 341 g/mol. The smallest absolute Gasteiger partial charge is 0.229 e. The molecule has 0 atom stereocenters. The van der Waals surface area contributed by atoms with Crippen LogP contribution >= 0.6 is 0 Å². The molecule has 1 amide bonds. The first-order chi connectivity index (χ1) is 12.8. The van der Waals surface area contributed by atoms with E-state index in [-0.39, 0.29) is 23.6 Å². The van der Waals surface area contributed by atoms with E-state index < -0.39 is 0 Å². The van der Waals surface area contributed by atoms with E-state index in [0.29, 0.717) is 17.9 Å². The van der Waals surface area contributed by atoms with Crippen molar-refractivity contribution in [2.24, 2.45) is 0 Å². The summed E-state index contributed by atoms with van der Waals surface area (Å²) in [5, 5.41) is 7.62. The first kappa shape index (κ1) is 18.8. The van der Waals surface area contributed by atoms with E-state index in [0.717, 1.165) is 11.3 Å². The molecule has 0 saturated heterocycles. The summed E-state index contributed by atoms with van der Waals surface area (Å²) < 4.78 is 15.1. The number of anilines is 1. The monoisotopic (exact) mass is 365 g/mol. The van der Waals surface area contributed by atoms with E-state index in [1.165, 1.54) is 12.1 Å². The second-order valence-electron chi connectivity index (χ2n) is 7.66. The molecule has 0 spiro atoms. The fourth-order valence-corrected chi connectivity index (χ4v) is 2.78. The van der Waals surface area contributed by atoms with Crippen LogP contribution < -0.4 is 5.32 Å². The van der Waals surface area contributed by atoms with Gasteiger partial charge in [0.15, 0.2) is 0 Å². The SMILES string of the molecule is CC(C)(C)c1cc(NC(=O)Cc2cccc(F)c2)n(Cc2ccccc2)n1. The standard InChI is InChI=1S/C22H24FN3O/c1-22(2,3)19-14-20(26(25-19)15-16-8-5-4-6-9-16)24-21(27)13-17-10-7-11-18(23)12-17/h4-12,14H,13,15H2,1-3H3,(H,24,27). The van der Waals surface area contributed by atoms with Crippen molar-refractivity contribution in [2.45, 2.75) is 39.2 Å². The molecule has 0 bridgehead atoms. The molecule has 0 aliphatic rings. The Labute approximate surface area is 159 Å². The normalized spacial score (nSPS) is 11.4. The zero-order valence-corrected chi connectivity index (χ0v) is 15.9. The third kappa shape index (κ3) is 5.03. The summed E-state index contributed by atoms with van der Waals surface area (Å²) in [5.41, 5.74) is 2.50. The lowest BCUT2D eigenvalue weighted by Gasteiger charge is -2.14. The number of carbonyl (C=O) groups is 1. The summed E-state index contributed by atoms with van der Waals surface area (Å²) in [6.07, 6.45) is 0.110. The average Bonchev–Trinajstić information content (AvgIpc) is 2.98. The molecule has 0 aliphatic carbocycles. The highest BCUT2D eigenvalue weighted by atomic mass is 19.1. The third-order valence-electron chi connectivity index (χ3n) is 4.24. The van der Waals surface area contributed by atoms with Gasteiger partial charge in [0.25, 0.3) is 0 Å². The Bertz CT molecular complexity index is 926. The number of aromatic nitrogens is 2. The van der Waals surface area contributed by atoms with Crippen LogP contribution in [-0.2, 0) is 23.2 Å². The Hall–Kier alpha value is -2.95. The molecule has 5 heteroatoms. The highest BCUT2D eigenvalue weighted by Gasteiger charge is 2.21. The van der Waals surface area contributed by atoms with E-state index in [2.05, 4.69) is 26.1 Å². The minimum Gasteiger partial charge on any atom is -0.311 e. The zero-order valence-electron chi connectivity index (χ0n) is 15.9. The van der Waals surface area contributed by atoms with Crippen LogP contribution in [0.25, 0.3) is 0 Å². The summed E-state index contributed by atoms with van der Waals surface area (Å²) >= 11 is 0. The van der Waals surface area contributed by atoms with Gasteiger partial charge < -0.3 is 5.32 Å². The van der Waals surface area contributed by atoms with Crippen LogP contribution in [0.4, 0.5) is 10.2 Å². The maximum Gasteiger partial charge on any atom is 0.229 e. The van der Waals surface area contributed by atoms with Gasteiger partial charge >= 0.3 is 0 Å².